The Morgan fingerprint density at radius 1 is 1.12 bits per heavy atom. The fourth-order valence-corrected chi connectivity index (χ4v) is 1.31. The smallest absolute Gasteiger partial charge is 0.394 e. The maximum Gasteiger partial charge on any atom is 0.394 e. The van der Waals surface area contributed by atoms with Crippen LogP contribution in [0.2, 0.25) is 0 Å². The van der Waals surface area contributed by atoms with Crippen LogP contribution in [-0.4, -0.2) is 22.0 Å². The highest BCUT2D eigenvalue weighted by Crippen LogP contribution is 2.14. The van der Waals surface area contributed by atoms with E-state index in [0.717, 1.165) is 5.39 Å². The first-order chi connectivity index (χ1) is 7.66. The molecule has 0 bridgehead atoms. The van der Waals surface area contributed by atoms with E-state index in [1.54, 1.807) is 18.2 Å². The number of nitrogens with one attached hydrogen (secondary N) is 1. The van der Waals surface area contributed by atoms with Crippen LogP contribution in [-0.2, 0) is 9.59 Å². The zero-order chi connectivity index (χ0) is 11.5. The normalized spacial score (nSPS) is 10.0. The van der Waals surface area contributed by atoms with E-state index in [2.05, 4.69) is 10.3 Å². The van der Waals surface area contributed by atoms with E-state index < -0.39 is 11.9 Å². The lowest BCUT2D eigenvalue weighted by atomic mass is 10.2. The molecule has 5 heteroatoms. The van der Waals surface area contributed by atoms with Gasteiger partial charge in [0.2, 0.25) is 0 Å². The zero-order valence-electron chi connectivity index (χ0n) is 8.18. The number of carbonyl (C=O) groups is 2. The third kappa shape index (κ3) is 1.98. The average Bonchev–Trinajstić information content (AvgIpc) is 2.28. The minimum Gasteiger partial charge on any atom is -0.474 e. The van der Waals surface area contributed by atoms with E-state index in [1.165, 1.54) is 0 Å². The van der Waals surface area contributed by atoms with Crippen molar-refractivity contribution in [3.8, 4) is 0 Å². The summed E-state index contributed by atoms with van der Waals surface area (Å²) in [6.45, 7) is 0. The first-order valence-electron chi connectivity index (χ1n) is 4.57. The van der Waals surface area contributed by atoms with Gasteiger partial charge in [-0.05, 0) is 18.2 Å². The maximum atomic E-state index is 10.9. The molecule has 0 aliphatic carbocycles. The molecule has 0 atom stereocenters. The SMILES string of the molecule is O=C(O)C(=O)Nc1ccc2ccccc2n1. The third-order valence-electron chi connectivity index (χ3n) is 2.03. The maximum absolute atomic E-state index is 10.9. The highest BCUT2D eigenvalue weighted by Gasteiger charge is 2.11. The van der Waals surface area contributed by atoms with Crippen LogP contribution in [0.4, 0.5) is 5.82 Å². The van der Waals surface area contributed by atoms with Gasteiger partial charge in [-0.3, -0.25) is 4.79 Å². The molecule has 1 heterocycles. The van der Waals surface area contributed by atoms with Gasteiger partial charge < -0.3 is 10.4 Å². The summed E-state index contributed by atoms with van der Waals surface area (Å²) in [5.41, 5.74) is 0.700. The molecule has 0 fully saturated rings. The number of benzene rings is 1. The monoisotopic (exact) mass is 216 g/mol. The van der Waals surface area contributed by atoms with Gasteiger partial charge in [-0.1, -0.05) is 18.2 Å². The van der Waals surface area contributed by atoms with Crippen molar-refractivity contribution < 1.29 is 14.7 Å². The summed E-state index contributed by atoms with van der Waals surface area (Å²) in [6, 6.07) is 10.7. The summed E-state index contributed by atoms with van der Waals surface area (Å²) in [5.74, 6) is -2.40. The van der Waals surface area contributed by atoms with Gasteiger partial charge in [0, 0.05) is 5.39 Å². The summed E-state index contributed by atoms with van der Waals surface area (Å²) in [7, 11) is 0. The summed E-state index contributed by atoms with van der Waals surface area (Å²) >= 11 is 0. The molecule has 2 aromatic rings. The summed E-state index contributed by atoms with van der Waals surface area (Å²) in [4.78, 5) is 25.3. The Morgan fingerprint density at radius 3 is 2.62 bits per heavy atom. The molecule has 1 aromatic heterocycles. The first kappa shape index (κ1) is 10.1. The Hall–Kier alpha value is -2.43. The lowest BCUT2D eigenvalue weighted by Gasteiger charge is -2.02. The molecule has 16 heavy (non-hydrogen) atoms. The van der Waals surface area contributed by atoms with Gasteiger partial charge in [0.15, 0.2) is 0 Å². The van der Waals surface area contributed by atoms with Crippen LogP contribution in [0.5, 0.6) is 0 Å². The van der Waals surface area contributed by atoms with E-state index in [9.17, 15) is 9.59 Å². The van der Waals surface area contributed by atoms with Crippen LogP contribution in [0.25, 0.3) is 10.9 Å². The Bertz CT molecular complexity index is 566. The molecule has 0 aliphatic heterocycles. The largest absolute Gasteiger partial charge is 0.474 e. The molecule has 80 valence electrons. The Kier molecular flexibility index (Phi) is 2.51. The van der Waals surface area contributed by atoms with Crippen LogP contribution < -0.4 is 5.32 Å². The Balaban J connectivity index is 2.33. The van der Waals surface area contributed by atoms with Gasteiger partial charge >= 0.3 is 11.9 Å². The molecule has 0 saturated heterocycles. The lowest BCUT2D eigenvalue weighted by Crippen LogP contribution is -2.22. The second-order valence-electron chi connectivity index (χ2n) is 3.15. The molecule has 1 amide bonds. The number of rotatable bonds is 1. The summed E-state index contributed by atoms with van der Waals surface area (Å²) in [6.07, 6.45) is 0. The van der Waals surface area contributed by atoms with Crippen molar-refractivity contribution in [1.82, 2.24) is 4.98 Å². The summed E-state index contributed by atoms with van der Waals surface area (Å²) < 4.78 is 0. The molecule has 2 rings (SSSR count). The van der Waals surface area contributed by atoms with Crippen molar-refractivity contribution in [3.63, 3.8) is 0 Å². The Labute approximate surface area is 90.7 Å². The number of fused-ring (bicyclic) bond motifs is 1. The number of pyridine rings is 1. The highest BCUT2D eigenvalue weighted by molar-refractivity contribution is 6.36. The lowest BCUT2D eigenvalue weighted by molar-refractivity contribution is -0.147. The quantitative estimate of drug-likeness (QED) is 0.703. The van der Waals surface area contributed by atoms with E-state index in [4.69, 9.17) is 5.11 Å². The number of aromatic nitrogens is 1. The predicted molar refractivity (Wildman–Crippen MR) is 58.0 cm³/mol. The topological polar surface area (TPSA) is 79.3 Å². The van der Waals surface area contributed by atoms with Gasteiger partial charge in [-0.25, -0.2) is 9.78 Å². The van der Waals surface area contributed by atoms with Crippen molar-refractivity contribution in [2.45, 2.75) is 0 Å². The number of anilines is 1. The van der Waals surface area contributed by atoms with Gasteiger partial charge in [-0.2, -0.15) is 0 Å². The van der Waals surface area contributed by atoms with Crippen molar-refractivity contribution in [2.75, 3.05) is 5.32 Å². The first-order valence-corrected chi connectivity index (χ1v) is 4.57. The number of hydrogen-bond acceptors (Lipinski definition) is 3. The van der Waals surface area contributed by atoms with Gasteiger partial charge in [-0.15, -0.1) is 0 Å². The molecule has 0 unspecified atom stereocenters. The number of para-hydroxylation sites is 1. The van der Waals surface area contributed by atoms with E-state index >= 15 is 0 Å². The average molecular weight is 216 g/mol. The number of nitrogens with zero attached hydrogens (tertiary/aromatic N) is 1. The minimum absolute atomic E-state index is 0.228. The molecule has 5 nitrogen and oxygen atoms in total. The van der Waals surface area contributed by atoms with E-state index in [0.29, 0.717) is 5.52 Å². The van der Waals surface area contributed by atoms with Crippen molar-refractivity contribution in [2.24, 2.45) is 0 Å². The number of carboxylic acid groups (broad SMARTS) is 1. The van der Waals surface area contributed by atoms with Crippen LogP contribution in [0.3, 0.4) is 0 Å². The minimum atomic E-state index is -1.53. The molecule has 0 radical (unpaired) electrons. The van der Waals surface area contributed by atoms with Gasteiger partial charge in [0.1, 0.15) is 5.82 Å². The fourth-order valence-electron chi connectivity index (χ4n) is 1.31. The molecular formula is C11H8N2O3. The molecular weight excluding hydrogens is 208 g/mol. The highest BCUT2D eigenvalue weighted by atomic mass is 16.4. The number of amides is 1. The third-order valence-corrected chi connectivity index (χ3v) is 2.03. The van der Waals surface area contributed by atoms with E-state index in [1.807, 2.05) is 18.2 Å². The molecule has 0 spiro atoms. The van der Waals surface area contributed by atoms with Crippen LogP contribution >= 0.6 is 0 Å². The number of hydrogen-bond donors (Lipinski definition) is 2. The van der Waals surface area contributed by atoms with Gasteiger partial charge in [0.25, 0.3) is 0 Å². The second kappa shape index (κ2) is 3.98. The van der Waals surface area contributed by atoms with Gasteiger partial charge in [0.05, 0.1) is 5.52 Å². The number of aliphatic carboxylic acids is 1. The van der Waals surface area contributed by atoms with Crippen LogP contribution in [0.1, 0.15) is 0 Å². The van der Waals surface area contributed by atoms with Crippen molar-refractivity contribution in [3.05, 3.63) is 36.4 Å². The predicted octanol–water partition coefficient (Wildman–Crippen LogP) is 1.26. The standard InChI is InChI=1S/C11H8N2O3/c14-10(11(15)16)13-9-6-5-7-3-1-2-4-8(7)12-9/h1-6H,(H,15,16)(H,12,13,14). The van der Waals surface area contributed by atoms with Crippen molar-refractivity contribution in [1.29, 1.82) is 0 Å². The number of carboxylic acids is 1. The van der Waals surface area contributed by atoms with Crippen LogP contribution in [0, 0.1) is 0 Å². The van der Waals surface area contributed by atoms with Crippen LogP contribution in [0.15, 0.2) is 36.4 Å². The Morgan fingerprint density at radius 2 is 1.88 bits per heavy atom. The zero-order valence-corrected chi connectivity index (χ0v) is 8.18. The molecule has 2 N–H and O–H groups in total. The second-order valence-corrected chi connectivity index (χ2v) is 3.15. The molecule has 0 saturated carbocycles. The molecule has 0 aliphatic rings. The van der Waals surface area contributed by atoms with E-state index in [-0.39, 0.29) is 5.82 Å². The summed E-state index contributed by atoms with van der Waals surface area (Å²) in [5, 5.41) is 11.5. The number of carbonyl (C=O) groups excluding carboxylic acids is 1. The van der Waals surface area contributed by atoms with Crippen molar-refractivity contribution >= 4 is 28.6 Å². The fraction of sp³-hybridized carbons (Fsp3) is 0. The molecule has 1 aromatic carbocycles.